The molecule has 0 radical (unpaired) electrons. The first-order valence-electron chi connectivity index (χ1n) is 12.0. The number of amides is 2. The Labute approximate surface area is 220 Å². The molecule has 0 fully saturated rings. The highest BCUT2D eigenvalue weighted by Crippen LogP contribution is 2.30. The Hall–Kier alpha value is -4.30. The first-order chi connectivity index (χ1) is 17.9. The lowest BCUT2D eigenvalue weighted by Crippen LogP contribution is -2.44. The summed E-state index contributed by atoms with van der Waals surface area (Å²) in [4.78, 5) is 32.1. The second kappa shape index (κ2) is 12.1. The van der Waals surface area contributed by atoms with Crippen LogP contribution < -0.4 is 16.4 Å². The standard InChI is InChI=1S/C28H29ClN6O2/c29-23-12-6-4-11-22(23)26(27(37)34-20-8-2-1-3-9-20)35(25(36)14-16-32-28(30)31)17-15-19-18-33-24-13-7-5-10-21(19)24/h1-13,18,26,33H,14-17H2,(H,34,37)(H4,30,31,32). The van der Waals surface area contributed by atoms with Gasteiger partial charge in [-0.2, -0.15) is 0 Å². The maximum absolute atomic E-state index is 13.7. The Morgan fingerprint density at radius 3 is 2.46 bits per heavy atom. The van der Waals surface area contributed by atoms with E-state index >= 15 is 0 Å². The predicted octanol–water partition coefficient (Wildman–Crippen LogP) is 4.45. The zero-order valence-corrected chi connectivity index (χ0v) is 21.0. The van der Waals surface area contributed by atoms with Gasteiger partial charge >= 0.3 is 0 Å². The van der Waals surface area contributed by atoms with Crippen LogP contribution in [0.15, 0.2) is 85.1 Å². The van der Waals surface area contributed by atoms with Gasteiger partial charge in [0.1, 0.15) is 6.04 Å². The summed E-state index contributed by atoms with van der Waals surface area (Å²) in [6.07, 6.45) is 2.50. The van der Waals surface area contributed by atoms with Crippen molar-refractivity contribution in [1.29, 1.82) is 5.41 Å². The van der Waals surface area contributed by atoms with E-state index in [4.69, 9.17) is 22.7 Å². The van der Waals surface area contributed by atoms with Gasteiger partial charge in [-0.3, -0.25) is 15.0 Å². The van der Waals surface area contributed by atoms with E-state index in [1.165, 1.54) is 0 Å². The number of rotatable bonds is 10. The molecule has 9 heteroatoms. The Morgan fingerprint density at radius 1 is 1.00 bits per heavy atom. The summed E-state index contributed by atoms with van der Waals surface area (Å²) in [5.41, 5.74) is 8.59. The SMILES string of the molecule is N=C(N)NCCC(=O)N(CCc1c[nH]c2ccccc12)C(C(=O)Nc1ccccc1)c1ccccc1Cl. The van der Waals surface area contributed by atoms with Gasteiger partial charge in [0.05, 0.1) is 0 Å². The minimum Gasteiger partial charge on any atom is -0.370 e. The van der Waals surface area contributed by atoms with Gasteiger partial charge in [-0.15, -0.1) is 0 Å². The fraction of sp³-hybridized carbons (Fsp3) is 0.179. The van der Waals surface area contributed by atoms with Crippen molar-refractivity contribution in [3.05, 3.63) is 101 Å². The van der Waals surface area contributed by atoms with Crippen LogP contribution in [0, 0.1) is 5.41 Å². The second-order valence-electron chi connectivity index (χ2n) is 8.57. The minimum absolute atomic E-state index is 0.0486. The van der Waals surface area contributed by atoms with Crippen molar-refractivity contribution in [3.8, 4) is 0 Å². The van der Waals surface area contributed by atoms with Crippen molar-refractivity contribution in [2.24, 2.45) is 5.73 Å². The number of carbonyl (C=O) groups excluding carboxylic acids is 2. The number of anilines is 1. The molecular weight excluding hydrogens is 488 g/mol. The lowest BCUT2D eigenvalue weighted by Gasteiger charge is -2.32. The maximum Gasteiger partial charge on any atom is 0.251 e. The molecule has 0 saturated carbocycles. The van der Waals surface area contributed by atoms with E-state index in [0.29, 0.717) is 22.7 Å². The van der Waals surface area contributed by atoms with Gasteiger partial charge in [-0.05, 0) is 36.2 Å². The molecule has 4 aromatic rings. The molecule has 1 atom stereocenters. The number of halogens is 1. The van der Waals surface area contributed by atoms with E-state index in [9.17, 15) is 9.59 Å². The molecule has 0 aliphatic rings. The Bertz CT molecular complexity index is 1390. The number of aromatic nitrogens is 1. The van der Waals surface area contributed by atoms with Gasteiger partial charge in [0.25, 0.3) is 5.91 Å². The largest absolute Gasteiger partial charge is 0.370 e. The molecule has 4 rings (SSSR count). The van der Waals surface area contributed by atoms with Crippen LogP contribution in [-0.4, -0.2) is 40.7 Å². The number of para-hydroxylation sites is 2. The highest BCUT2D eigenvalue weighted by atomic mass is 35.5. The van der Waals surface area contributed by atoms with Gasteiger partial charge < -0.3 is 26.3 Å². The average molecular weight is 517 g/mol. The van der Waals surface area contributed by atoms with E-state index < -0.39 is 6.04 Å². The fourth-order valence-corrected chi connectivity index (χ4v) is 4.54. The lowest BCUT2D eigenvalue weighted by molar-refractivity contribution is -0.138. The third kappa shape index (κ3) is 6.48. The smallest absolute Gasteiger partial charge is 0.251 e. The number of carbonyl (C=O) groups is 2. The van der Waals surface area contributed by atoms with Gasteiger partial charge in [0.15, 0.2) is 5.96 Å². The van der Waals surface area contributed by atoms with Crippen molar-refractivity contribution in [2.45, 2.75) is 18.9 Å². The predicted molar refractivity (Wildman–Crippen MR) is 148 cm³/mol. The number of H-pyrrole nitrogens is 1. The molecule has 2 amide bonds. The van der Waals surface area contributed by atoms with Crippen LogP contribution in [-0.2, 0) is 16.0 Å². The number of nitrogens with one attached hydrogen (secondary N) is 4. The first-order valence-corrected chi connectivity index (χ1v) is 12.3. The van der Waals surface area contributed by atoms with Crippen molar-refractivity contribution in [1.82, 2.24) is 15.2 Å². The van der Waals surface area contributed by atoms with Crippen molar-refractivity contribution in [2.75, 3.05) is 18.4 Å². The van der Waals surface area contributed by atoms with E-state index in [1.807, 2.05) is 48.7 Å². The van der Waals surface area contributed by atoms with Crippen molar-refractivity contribution in [3.63, 3.8) is 0 Å². The van der Waals surface area contributed by atoms with E-state index in [0.717, 1.165) is 16.5 Å². The zero-order valence-electron chi connectivity index (χ0n) is 20.2. The Balaban J connectivity index is 1.68. The van der Waals surface area contributed by atoms with Crippen molar-refractivity contribution < 1.29 is 9.59 Å². The number of nitrogens with two attached hydrogens (primary N) is 1. The molecule has 0 aliphatic heterocycles. The molecule has 190 valence electrons. The van der Waals surface area contributed by atoms with Gasteiger partial charge in [0, 0.05) is 52.9 Å². The highest BCUT2D eigenvalue weighted by molar-refractivity contribution is 6.31. The average Bonchev–Trinajstić information content (AvgIpc) is 3.30. The topological polar surface area (TPSA) is 127 Å². The second-order valence-corrected chi connectivity index (χ2v) is 8.97. The summed E-state index contributed by atoms with van der Waals surface area (Å²) in [7, 11) is 0. The van der Waals surface area contributed by atoms with Gasteiger partial charge in [0.2, 0.25) is 5.91 Å². The van der Waals surface area contributed by atoms with Crippen LogP contribution in [0.25, 0.3) is 10.9 Å². The van der Waals surface area contributed by atoms with Crippen LogP contribution in [0.1, 0.15) is 23.6 Å². The first kappa shape index (κ1) is 25.8. The molecule has 8 nitrogen and oxygen atoms in total. The van der Waals surface area contributed by atoms with Crippen LogP contribution in [0.3, 0.4) is 0 Å². The molecular formula is C28H29ClN6O2. The molecule has 0 aliphatic carbocycles. The summed E-state index contributed by atoms with van der Waals surface area (Å²) in [6, 6.07) is 23.1. The zero-order chi connectivity index (χ0) is 26.2. The Morgan fingerprint density at radius 2 is 1.70 bits per heavy atom. The van der Waals surface area contributed by atoms with E-state index in [-0.39, 0.29) is 37.3 Å². The Kier molecular flexibility index (Phi) is 8.43. The molecule has 1 heterocycles. The van der Waals surface area contributed by atoms with Crippen LogP contribution in [0.5, 0.6) is 0 Å². The number of benzene rings is 3. The molecule has 0 bridgehead atoms. The molecule has 37 heavy (non-hydrogen) atoms. The number of nitrogens with zero attached hydrogens (tertiary/aromatic N) is 1. The van der Waals surface area contributed by atoms with E-state index in [2.05, 4.69) is 15.6 Å². The third-order valence-electron chi connectivity index (χ3n) is 6.07. The maximum atomic E-state index is 13.7. The molecule has 1 aromatic heterocycles. The lowest BCUT2D eigenvalue weighted by atomic mass is 10.0. The number of hydrogen-bond donors (Lipinski definition) is 5. The number of aromatic amines is 1. The number of guanidine groups is 1. The molecule has 3 aromatic carbocycles. The summed E-state index contributed by atoms with van der Waals surface area (Å²) >= 11 is 6.56. The number of hydrogen-bond acceptors (Lipinski definition) is 3. The quantitative estimate of drug-likeness (QED) is 0.158. The molecule has 0 saturated heterocycles. The fourth-order valence-electron chi connectivity index (χ4n) is 4.30. The van der Waals surface area contributed by atoms with Gasteiger partial charge in [-0.1, -0.05) is 66.2 Å². The van der Waals surface area contributed by atoms with E-state index in [1.54, 1.807) is 41.3 Å². The summed E-state index contributed by atoms with van der Waals surface area (Å²) in [6.45, 7) is 0.451. The van der Waals surface area contributed by atoms with Crippen LogP contribution in [0.2, 0.25) is 5.02 Å². The summed E-state index contributed by atoms with van der Waals surface area (Å²) in [5, 5.41) is 14.5. The van der Waals surface area contributed by atoms with Crippen LogP contribution >= 0.6 is 11.6 Å². The molecule has 0 spiro atoms. The minimum atomic E-state index is -0.969. The summed E-state index contributed by atoms with van der Waals surface area (Å²) < 4.78 is 0. The van der Waals surface area contributed by atoms with Crippen LogP contribution in [0.4, 0.5) is 5.69 Å². The highest BCUT2D eigenvalue weighted by Gasteiger charge is 2.32. The normalized spacial score (nSPS) is 11.6. The third-order valence-corrected chi connectivity index (χ3v) is 6.42. The molecule has 1 unspecified atom stereocenters. The monoisotopic (exact) mass is 516 g/mol. The number of fused-ring (bicyclic) bond motifs is 1. The molecule has 6 N–H and O–H groups in total. The summed E-state index contributed by atoms with van der Waals surface area (Å²) in [5.74, 6) is -0.851. The van der Waals surface area contributed by atoms with Crippen molar-refractivity contribution >= 4 is 46.0 Å². The van der Waals surface area contributed by atoms with Gasteiger partial charge in [-0.25, -0.2) is 0 Å².